The van der Waals surface area contributed by atoms with E-state index in [0.29, 0.717) is 11.6 Å². The largest absolute Gasteiger partial charge is 0.380 e. The SMILES string of the molecule is CC(Nc1ccc([N+](=O)[O-])cc1F)C1CC1. The highest BCUT2D eigenvalue weighted by molar-refractivity contribution is 5.50. The lowest BCUT2D eigenvalue weighted by Crippen LogP contribution is -2.18. The van der Waals surface area contributed by atoms with Crippen LogP contribution in [-0.2, 0) is 0 Å². The summed E-state index contributed by atoms with van der Waals surface area (Å²) in [6, 6.07) is 3.90. The molecule has 1 N–H and O–H groups in total. The Hall–Kier alpha value is -1.65. The van der Waals surface area contributed by atoms with Crippen molar-refractivity contribution in [2.45, 2.75) is 25.8 Å². The van der Waals surface area contributed by atoms with Crippen LogP contribution in [0.4, 0.5) is 15.8 Å². The van der Waals surface area contributed by atoms with Crippen molar-refractivity contribution in [2.24, 2.45) is 5.92 Å². The summed E-state index contributed by atoms with van der Waals surface area (Å²) < 4.78 is 13.5. The van der Waals surface area contributed by atoms with Gasteiger partial charge in [-0.05, 0) is 31.7 Å². The maximum Gasteiger partial charge on any atom is 0.272 e. The van der Waals surface area contributed by atoms with Crippen molar-refractivity contribution in [1.29, 1.82) is 0 Å². The molecule has 0 saturated heterocycles. The molecule has 1 aromatic carbocycles. The van der Waals surface area contributed by atoms with Gasteiger partial charge in [0.05, 0.1) is 16.7 Å². The second-order valence-corrected chi connectivity index (χ2v) is 4.19. The molecule has 0 bridgehead atoms. The van der Waals surface area contributed by atoms with Crippen molar-refractivity contribution in [3.8, 4) is 0 Å². The molecule has 4 nitrogen and oxygen atoms in total. The predicted octanol–water partition coefficient (Wildman–Crippen LogP) is 2.94. The average Bonchev–Trinajstić information content (AvgIpc) is 3.03. The number of nitro benzene ring substituents is 1. The molecule has 16 heavy (non-hydrogen) atoms. The normalized spacial score (nSPS) is 16.9. The van der Waals surface area contributed by atoms with Gasteiger partial charge in [0, 0.05) is 12.1 Å². The molecule has 0 aromatic heterocycles. The molecule has 1 aliphatic rings. The molecule has 1 unspecified atom stereocenters. The van der Waals surface area contributed by atoms with E-state index in [4.69, 9.17) is 0 Å². The van der Waals surface area contributed by atoms with Crippen molar-refractivity contribution in [1.82, 2.24) is 0 Å². The number of hydrogen-bond acceptors (Lipinski definition) is 3. The van der Waals surface area contributed by atoms with Crippen LogP contribution in [0.1, 0.15) is 19.8 Å². The van der Waals surface area contributed by atoms with E-state index in [1.165, 1.54) is 25.0 Å². The lowest BCUT2D eigenvalue weighted by Gasteiger charge is -2.14. The summed E-state index contributed by atoms with van der Waals surface area (Å²) in [5.41, 5.74) is 0.118. The first-order valence-corrected chi connectivity index (χ1v) is 5.28. The molecule has 0 heterocycles. The highest BCUT2D eigenvalue weighted by Gasteiger charge is 2.28. The van der Waals surface area contributed by atoms with Crippen LogP contribution in [0.15, 0.2) is 18.2 Å². The minimum absolute atomic E-state index is 0.218. The second-order valence-electron chi connectivity index (χ2n) is 4.19. The second kappa shape index (κ2) is 4.08. The zero-order valence-electron chi connectivity index (χ0n) is 8.94. The highest BCUT2D eigenvalue weighted by Crippen LogP contribution is 2.34. The van der Waals surface area contributed by atoms with E-state index in [9.17, 15) is 14.5 Å². The molecule has 1 atom stereocenters. The number of hydrogen-bond donors (Lipinski definition) is 1. The average molecular weight is 224 g/mol. The van der Waals surface area contributed by atoms with Gasteiger partial charge in [-0.25, -0.2) is 4.39 Å². The first-order valence-electron chi connectivity index (χ1n) is 5.28. The molecule has 0 amide bonds. The van der Waals surface area contributed by atoms with Crippen LogP contribution < -0.4 is 5.32 Å². The summed E-state index contributed by atoms with van der Waals surface area (Å²) >= 11 is 0. The molecule has 0 radical (unpaired) electrons. The summed E-state index contributed by atoms with van der Waals surface area (Å²) in [4.78, 5) is 9.82. The smallest absolute Gasteiger partial charge is 0.272 e. The molecule has 1 aliphatic carbocycles. The van der Waals surface area contributed by atoms with Gasteiger partial charge in [-0.2, -0.15) is 0 Å². The fourth-order valence-corrected chi connectivity index (χ4v) is 1.69. The highest BCUT2D eigenvalue weighted by atomic mass is 19.1. The van der Waals surface area contributed by atoms with Crippen molar-refractivity contribution in [2.75, 3.05) is 5.32 Å². The summed E-state index contributed by atoms with van der Waals surface area (Å²) in [5, 5.41) is 13.5. The number of nitro groups is 1. The number of benzene rings is 1. The Labute approximate surface area is 92.6 Å². The fourth-order valence-electron chi connectivity index (χ4n) is 1.69. The molecular weight excluding hydrogens is 211 g/mol. The van der Waals surface area contributed by atoms with Gasteiger partial charge in [-0.3, -0.25) is 10.1 Å². The molecule has 1 aromatic rings. The molecule has 86 valence electrons. The van der Waals surface area contributed by atoms with Crippen LogP contribution in [0.5, 0.6) is 0 Å². The molecule has 5 heteroatoms. The molecular formula is C11H13FN2O2. The number of rotatable bonds is 4. The zero-order valence-corrected chi connectivity index (χ0v) is 8.94. The summed E-state index contributed by atoms with van der Waals surface area (Å²) in [6.07, 6.45) is 2.34. The van der Waals surface area contributed by atoms with Gasteiger partial charge in [-0.15, -0.1) is 0 Å². The van der Waals surface area contributed by atoms with Gasteiger partial charge in [0.2, 0.25) is 0 Å². The van der Waals surface area contributed by atoms with Gasteiger partial charge in [-0.1, -0.05) is 0 Å². The van der Waals surface area contributed by atoms with Crippen LogP contribution in [0.3, 0.4) is 0 Å². The minimum atomic E-state index is -0.600. The minimum Gasteiger partial charge on any atom is -0.380 e. The van der Waals surface area contributed by atoms with Crippen molar-refractivity contribution >= 4 is 11.4 Å². The van der Waals surface area contributed by atoms with E-state index in [2.05, 4.69) is 5.32 Å². The van der Waals surface area contributed by atoms with E-state index in [-0.39, 0.29) is 11.7 Å². The summed E-state index contributed by atoms with van der Waals surface area (Å²) in [7, 11) is 0. The van der Waals surface area contributed by atoms with Crippen LogP contribution in [0.25, 0.3) is 0 Å². The molecule has 1 fully saturated rings. The Morgan fingerprint density at radius 2 is 2.25 bits per heavy atom. The Morgan fingerprint density at radius 3 is 2.75 bits per heavy atom. The lowest BCUT2D eigenvalue weighted by molar-refractivity contribution is -0.385. The quantitative estimate of drug-likeness (QED) is 0.632. The lowest BCUT2D eigenvalue weighted by atomic mass is 10.2. The van der Waals surface area contributed by atoms with Gasteiger partial charge in [0.1, 0.15) is 0 Å². The topological polar surface area (TPSA) is 55.2 Å². The van der Waals surface area contributed by atoms with Crippen molar-refractivity contribution < 1.29 is 9.31 Å². The third-order valence-electron chi connectivity index (χ3n) is 2.88. The summed E-state index contributed by atoms with van der Waals surface area (Å²) in [6.45, 7) is 2.00. The number of nitrogens with zero attached hydrogens (tertiary/aromatic N) is 1. The Bertz CT molecular complexity index is 418. The monoisotopic (exact) mass is 224 g/mol. The standard InChI is InChI=1S/C11H13FN2O2/c1-7(8-2-3-8)13-11-5-4-9(14(15)16)6-10(11)12/h4-8,13H,2-3H2,1H3. The van der Waals surface area contributed by atoms with Crippen LogP contribution in [0.2, 0.25) is 0 Å². The third-order valence-corrected chi connectivity index (χ3v) is 2.88. The number of nitrogens with one attached hydrogen (secondary N) is 1. The van der Waals surface area contributed by atoms with Crippen LogP contribution in [0, 0.1) is 21.8 Å². The van der Waals surface area contributed by atoms with Crippen molar-refractivity contribution in [3.05, 3.63) is 34.1 Å². The maximum atomic E-state index is 13.5. The first-order chi connectivity index (χ1) is 7.58. The first kappa shape index (κ1) is 10.9. The third kappa shape index (κ3) is 2.29. The van der Waals surface area contributed by atoms with Crippen LogP contribution in [-0.4, -0.2) is 11.0 Å². The van der Waals surface area contributed by atoms with Crippen LogP contribution >= 0.6 is 0 Å². The van der Waals surface area contributed by atoms with E-state index in [1.807, 2.05) is 6.92 Å². The summed E-state index contributed by atoms with van der Waals surface area (Å²) in [5.74, 6) is 0.0382. The van der Waals surface area contributed by atoms with E-state index >= 15 is 0 Å². The molecule has 0 aliphatic heterocycles. The fraction of sp³-hybridized carbons (Fsp3) is 0.455. The number of non-ortho nitro benzene ring substituents is 1. The number of halogens is 1. The van der Waals surface area contributed by atoms with Crippen molar-refractivity contribution in [3.63, 3.8) is 0 Å². The Morgan fingerprint density at radius 1 is 1.56 bits per heavy atom. The Kier molecular flexibility index (Phi) is 2.77. The van der Waals surface area contributed by atoms with Gasteiger partial charge in [0.15, 0.2) is 5.82 Å². The molecule has 2 rings (SSSR count). The van der Waals surface area contributed by atoms with E-state index in [1.54, 1.807) is 0 Å². The molecule has 1 saturated carbocycles. The van der Waals surface area contributed by atoms with E-state index in [0.717, 1.165) is 6.07 Å². The van der Waals surface area contributed by atoms with Gasteiger partial charge in [0.25, 0.3) is 5.69 Å². The Balaban J connectivity index is 2.12. The van der Waals surface area contributed by atoms with E-state index < -0.39 is 10.7 Å². The van der Waals surface area contributed by atoms with Gasteiger partial charge >= 0.3 is 0 Å². The predicted molar refractivity (Wildman–Crippen MR) is 58.9 cm³/mol. The maximum absolute atomic E-state index is 13.5. The van der Waals surface area contributed by atoms with Gasteiger partial charge < -0.3 is 5.32 Å². The number of anilines is 1. The zero-order chi connectivity index (χ0) is 11.7. The molecule has 0 spiro atoms.